The summed E-state index contributed by atoms with van der Waals surface area (Å²) in [6.45, 7) is 1.65. The zero-order valence-electron chi connectivity index (χ0n) is 13.0. The van der Waals surface area contributed by atoms with E-state index < -0.39 is 5.82 Å². The van der Waals surface area contributed by atoms with Gasteiger partial charge >= 0.3 is 0 Å². The molecule has 3 aromatic rings. The van der Waals surface area contributed by atoms with Crippen LogP contribution in [0.15, 0.2) is 47.9 Å². The first-order chi connectivity index (χ1) is 11.6. The van der Waals surface area contributed by atoms with Crippen LogP contribution in [-0.4, -0.2) is 28.0 Å². The van der Waals surface area contributed by atoms with Crippen molar-refractivity contribution in [2.75, 3.05) is 7.11 Å². The molecule has 7 heteroatoms. The van der Waals surface area contributed by atoms with E-state index in [-0.39, 0.29) is 0 Å². The Kier molecular flexibility index (Phi) is 4.52. The van der Waals surface area contributed by atoms with E-state index >= 15 is 0 Å². The largest absolute Gasteiger partial charge is 0.497 e. The molecular formula is C17H14FN3O2S. The number of pyridine rings is 1. The first kappa shape index (κ1) is 16.1. The quantitative estimate of drug-likeness (QED) is 0.437. The maximum atomic E-state index is 14.5. The lowest BCUT2D eigenvalue weighted by Crippen LogP contribution is -1.96. The minimum atomic E-state index is -0.451. The summed E-state index contributed by atoms with van der Waals surface area (Å²) < 4.78 is 19.5. The smallest absolute Gasteiger partial charge is 0.136 e. The number of oxime groups is 1. The molecule has 2 aromatic heterocycles. The molecule has 0 saturated carbocycles. The van der Waals surface area contributed by atoms with Crippen LogP contribution in [-0.2, 0) is 0 Å². The molecule has 2 heterocycles. The van der Waals surface area contributed by atoms with Crippen LogP contribution in [0.25, 0.3) is 21.8 Å². The average molecular weight is 343 g/mol. The highest BCUT2D eigenvalue weighted by Gasteiger charge is 2.19. The van der Waals surface area contributed by atoms with Crippen LogP contribution in [0.4, 0.5) is 4.39 Å². The number of thiazole rings is 1. The molecule has 122 valence electrons. The number of aromatic nitrogens is 2. The van der Waals surface area contributed by atoms with Gasteiger partial charge in [0.05, 0.1) is 23.4 Å². The van der Waals surface area contributed by atoms with E-state index in [0.29, 0.717) is 32.6 Å². The average Bonchev–Trinajstić information content (AvgIpc) is 3.06. The molecule has 1 aromatic carbocycles. The summed E-state index contributed by atoms with van der Waals surface area (Å²) in [5.74, 6) is -0.0251. The maximum absolute atomic E-state index is 14.5. The number of rotatable bonds is 4. The topological polar surface area (TPSA) is 67.6 Å². The van der Waals surface area contributed by atoms with Gasteiger partial charge < -0.3 is 9.94 Å². The van der Waals surface area contributed by atoms with Crippen molar-refractivity contribution in [3.05, 3.63) is 53.4 Å². The van der Waals surface area contributed by atoms with Crippen LogP contribution in [0.2, 0.25) is 0 Å². The Morgan fingerprint density at radius 3 is 2.62 bits per heavy atom. The van der Waals surface area contributed by atoms with Gasteiger partial charge in [0.25, 0.3) is 0 Å². The Morgan fingerprint density at radius 1 is 1.25 bits per heavy atom. The van der Waals surface area contributed by atoms with Crippen LogP contribution in [0.3, 0.4) is 0 Å². The molecule has 0 unspecified atom stereocenters. The van der Waals surface area contributed by atoms with E-state index in [1.54, 1.807) is 31.5 Å². The lowest BCUT2D eigenvalue weighted by molar-refractivity contribution is 0.319. The van der Waals surface area contributed by atoms with Gasteiger partial charge in [0.2, 0.25) is 0 Å². The van der Waals surface area contributed by atoms with Gasteiger partial charge in [-0.25, -0.2) is 9.37 Å². The highest BCUT2D eigenvalue weighted by atomic mass is 32.1. The van der Waals surface area contributed by atoms with Gasteiger partial charge in [0.1, 0.15) is 16.6 Å². The molecular weight excluding hydrogens is 329 g/mol. The molecule has 0 aliphatic heterocycles. The summed E-state index contributed by atoms with van der Waals surface area (Å²) in [6.07, 6.45) is 3.33. The van der Waals surface area contributed by atoms with Gasteiger partial charge in [-0.15, -0.1) is 11.3 Å². The molecule has 0 radical (unpaired) electrons. The molecule has 0 atom stereocenters. The monoisotopic (exact) mass is 343 g/mol. The second-order valence-corrected chi connectivity index (χ2v) is 5.96. The molecule has 1 N–H and O–H groups in total. The van der Waals surface area contributed by atoms with Crippen LogP contribution in [0.5, 0.6) is 5.75 Å². The summed E-state index contributed by atoms with van der Waals surface area (Å²) in [5, 5.41) is 13.1. The van der Waals surface area contributed by atoms with Gasteiger partial charge in [0.15, 0.2) is 0 Å². The first-order valence-electron chi connectivity index (χ1n) is 7.08. The van der Waals surface area contributed by atoms with Gasteiger partial charge in [0, 0.05) is 29.6 Å². The molecule has 3 rings (SSSR count). The molecule has 24 heavy (non-hydrogen) atoms. The Balaban J connectivity index is 2.18. The standard InChI is InChI=1S/C17H14FN3O2S/c1-10(21-22)16-15(13-4-3-12(23-2)9-14(13)18)20-17(24-16)11-5-7-19-8-6-11/h3-9,22H,1-2H3/b21-10-. The zero-order valence-corrected chi connectivity index (χ0v) is 13.8. The van der Waals surface area contributed by atoms with Crippen molar-refractivity contribution >= 4 is 17.0 Å². The number of methoxy groups -OCH3 is 1. The summed E-state index contributed by atoms with van der Waals surface area (Å²) in [7, 11) is 1.48. The van der Waals surface area contributed by atoms with Crippen molar-refractivity contribution < 1.29 is 14.3 Å². The van der Waals surface area contributed by atoms with E-state index in [0.717, 1.165) is 5.56 Å². The van der Waals surface area contributed by atoms with E-state index in [1.807, 2.05) is 12.1 Å². The molecule has 0 saturated heterocycles. The number of halogens is 1. The first-order valence-corrected chi connectivity index (χ1v) is 7.90. The Bertz CT molecular complexity index is 894. The molecule has 0 aliphatic carbocycles. The second kappa shape index (κ2) is 6.76. The Hall–Kier alpha value is -2.80. The zero-order chi connectivity index (χ0) is 17.1. The molecule has 0 amide bonds. The summed E-state index contributed by atoms with van der Waals surface area (Å²) >= 11 is 1.33. The predicted molar refractivity (Wildman–Crippen MR) is 91.3 cm³/mol. The van der Waals surface area contributed by atoms with Gasteiger partial charge in [-0.05, 0) is 31.2 Å². The fraction of sp³-hybridized carbons (Fsp3) is 0.118. The summed E-state index contributed by atoms with van der Waals surface area (Å²) in [6, 6.07) is 8.22. The third kappa shape index (κ3) is 2.98. The van der Waals surface area contributed by atoms with Crippen LogP contribution >= 0.6 is 11.3 Å². The van der Waals surface area contributed by atoms with Gasteiger partial charge in [-0.3, -0.25) is 4.98 Å². The van der Waals surface area contributed by atoms with E-state index in [1.165, 1.54) is 24.5 Å². The van der Waals surface area contributed by atoms with Crippen molar-refractivity contribution in [2.45, 2.75) is 6.92 Å². The Labute approximate surface area is 142 Å². The molecule has 0 spiro atoms. The van der Waals surface area contributed by atoms with Crippen molar-refractivity contribution in [3.63, 3.8) is 0 Å². The number of benzene rings is 1. The lowest BCUT2D eigenvalue weighted by Gasteiger charge is -2.05. The van der Waals surface area contributed by atoms with Gasteiger partial charge in [-0.1, -0.05) is 5.16 Å². The molecule has 5 nitrogen and oxygen atoms in total. The molecule has 0 bridgehead atoms. The fourth-order valence-corrected chi connectivity index (χ4v) is 3.25. The fourth-order valence-electron chi connectivity index (χ4n) is 2.23. The summed E-state index contributed by atoms with van der Waals surface area (Å²) in [4.78, 5) is 9.14. The van der Waals surface area contributed by atoms with Crippen molar-refractivity contribution in [1.82, 2.24) is 9.97 Å². The number of ether oxygens (including phenoxy) is 1. The second-order valence-electron chi connectivity index (χ2n) is 4.96. The summed E-state index contributed by atoms with van der Waals surface area (Å²) in [5.41, 5.74) is 1.99. The van der Waals surface area contributed by atoms with Crippen LogP contribution in [0.1, 0.15) is 11.8 Å². The lowest BCUT2D eigenvalue weighted by atomic mass is 10.1. The highest BCUT2D eigenvalue weighted by molar-refractivity contribution is 7.17. The molecule has 0 aliphatic rings. The third-order valence-electron chi connectivity index (χ3n) is 3.46. The van der Waals surface area contributed by atoms with Crippen LogP contribution in [0, 0.1) is 5.82 Å². The molecule has 0 fully saturated rings. The maximum Gasteiger partial charge on any atom is 0.136 e. The van der Waals surface area contributed by atoms with Crippen LogP contribution < -0.4 is 4.74 Å². The van der Waals surface area contributed by atoms with Crippen molar-refractivity contribution in [1.29, 1.82) is 0 Å². The predicted octanol–water partition coefficient (Wildman–Crippen LogP) is 4.22. The number of hydrogen-bond acceptors (Lipinski definition) is 6. The van der Waals surface area contributed by atoms with Crippen molar-refractivity contribution in [3.8, 4) is 27.6 Å². The van der Waals surface area contributed by atoms with E-state index in [2.05, 4.69) is 15.1 Å². The van der Waals surface area contributed by atoms with E-state index in [9.17, 15) is 4.39 Å². The van der Waals surface area contributed by atoms with E-state index in [4.69, 9.17) is 9.94 Å². The number of nitrogens with zero attached hydrogens (tertiary/aromatic N) is 3. The third-order valence-corrected chi connectivity index (χ3v) is 4.68. The highest BCUT2D eigenvalue weighted by Crippen LogP contribution is 2.36. The SMILES string of the molecule is COc1ccc(-c2nc(-c3ccncc3)sc2/C(C)=N\O)c(F)c1. The number of hydrogen-bond donors (Lipinski definition) is 1. The minimum Gasteiger partial charge on any atom is -0.497 e. The minimum absolute atomic E-state index is 0.324. The van der Waals surface area contributed by atoms with Crippen molar-refractivity contribution in [2.24, 2.45) is 5.16 Å². The Morgan fingerprint density at radius 2 is 2.00 bits per heavy atom. The normalized spacial score (nSPS) is 11.5. The van der Waals surface area contributed by atoms with Gasteiger partial charge in [-0.2, -0.15) is 0 Å².